The Bertz CT molecular complexity index is 1360. The molecule has 5 rings (SSSR count). The lowest BCUT2D eigenvalue weighted by Gasteiger charge is -2.36. The summed E-state index contributed by atoms with van der Waals surface area (Å²) < 4.78 is 12.8. The summed E-state index contributed by atoms with van der Waals surface area (Å²) in [7, 11) is 1.63. The van der Waals surface area contributed by atoms with Crippen LogP contribution >= 0.6 is 15.9 Å². The summed E-state index contributed by atoms with van der Waals surface area (Å²) in [5.41, 5.74) is 2.81. The van der Waals surface area contributed by atoms with E-state index >= 15 is 0 Å². The second-order valence-electron chi connectivity index (χ2n) is 10.2. The summed E-state index contributed by atoms with van der Waals surface area (Å²) >= 11 is 3.41. The molecule has 3 aromatic rings. The summed E-state index contributed by atoms with van der Waals surface area (Å²) in [6.07, 6.45) is 6.48. The van der Waals surface area contributed by atoms with E-state index in [1.165, 1.54) is 32.4 Å². The number of aromatic nitrogens is 1. The fourth-order valence-electron chi connectivity index (χ4n) is 5.40. The molecule has 2 aliphatic rings. The lowest BCUT2D eigenvalue weighted by molar-refractivity contribution is 0.203. The number of rotatable bonds is 8. The summed E-state index contributed by atoms with van der Waals surface area (Å²) in [5, 5.41) is 13.7. The molecular formula is C30H35BrN6O3. The van der Waals surface area contributed by atoms with Crippen LogP contribution in [0.1, 0.15) is 31.2 Å². The molecule has 0 saturated carbocycles. The predicted octanol–water partition coefficient (Wildman–Crippen LogP) is 5.49. The van der Waals surface area contributed by atoms with Crippen molar-refractivity contribution < 1.29 is 14.3 Å². The number of nitriles is 1. The van der Waals surface area contributed by atoms with Crippen LogP contribution in [0.3, 0.4) is 0 Å². The first-order valence-electron chi connectivity index (χ1n) is 13.9. The zero-order valence-electron chi connectivity index (χ0n) is 22.9. The van der Waals surface area contributed by atoms with Gasteiger partial charge in [0.2, 0.25) is 0 Å². The van der Waals surface area contributed by atoms with Crippen LogP contribution in [-0.2, 0) is 0 Å². The maximum absolute atomic E-state index is 12.8. The zero-order chi connectivity index (χ0) is 27.9. The maximum atomic E-state index is 12.8. The van der Waals surface area contributed by atoms with Crippen LogP contribution in [0.2, 0.25) is 0 Å². The number of likely N-dealkylation sites (tertiary alicyclic amines) is 1. The summed E-state index contributed by atoms with van der Waals surface area (Å²) in [6, 6.07) is 13.5. The average molecular weight is 608 g/mol. The van der Waals surface area contributed by atoms with Crippen LogP contribution in [0.5, 0.6) is 11.5 Å². The van der Waals surface area contributed by atoms with Crippen LogP contribution in [-0.4, -0.2) is 80.3 Å². The molecule has 0 unspecified atom stereocenters. The number of amides is 2. The van der Waals surface area contributed by atoms with Gasteiger partial charge in [0, 0.05) is 60.5 Å². The second-order valence-corrected chi connectivity index (χ2v) is 11.1. The first-order chi connectivity index (χ1) is 19.6. The molecule has 2 aliphatic heterocycles. The Morgan fingerprint density at radius 2 is 1.80 bits per heavy atom. The predicted molar refractivity (Wildman–Crippen MR) is 160 cm³/mol. The molecule has 1 N–H and O–H groups in total. The van der Waals surface area contributed by atoms with Crippen LogP contribution in [0.25, 0.3) is 10.9 Å². The molecule has 2 fully saturated rings. The Labute approximate surface area is 243 Å². The van der Waals surface area contributed by atoms with Gasteiger partial charge in [-0.25, -0.2) is 4.79 Å². The zero-order valence-corrected chi connectivity index (χ0v) is 24.5. The number of nitrogens with one attached hydrogen (secondary N) is 1. The molecule has 40 heavy (non-hydrogen) atoms. The van der Waals surface area contributed by atoms with E-state index in [1.807, 2.05) is 36.4 Å². The highest BCUT2D eigenvalue weighted by atomic mass is 79.9. The van der Waals surface area contributed by atoms with E-state index in [9.17, 15) is 10.1 Å². The number of hydrogen-bond acceptors (Lipinski definition) is 7. The van der Waals surface area contributed by atoms with Crippen molar-refractivity contribution in [3.8, 4) is 17.6 Å². The minimum atomic E-state index is -0.134. The molecule has 0 spiro atoms. The van der Waals surface area contributed by atoms with Crippen LogP contribution in [0.15, 0.2) is 47.1 Å². The monoisotopic (exact) mass is 606 g/mol. The molecule has 210 valence electrons. The molecule has 9 nitrogen and oxygen atoms in total. The summed E-state index contributed by atoms with van der Waals surface area (Å²) in [5.74, 6) is 1.28. The first kappa shape index (κ1) is 28.0. The van der Waals surface area contributed by atoms with Gasteiger partial charge in [-0.1, -0.05) is 22.4 Å². The second kappa shape index (κ2) is 13.2. The minimum absolute atomic E-state index is 0.134. The largest absolute Gasteiger partial charge is 0.493 e. The van der Waals surface area contributed by atoms with E-state index in [4.69, 9.17) is 9.47 Å². The van der Waals surface area contributed by atoms with Crippen LogP contribution < -0.4 is 19.7 Å². The molecule has 0 radical (unpaired) electrons. The number of fused-ring (bicyclic) bond motifs is 1. The number of piperazine rings is 1. The number of ether oxygens (including phenoxy) is 2. The van der Waals surface area contributed by atoms with Crippen LogP contribution in [0, 0.1) is 11.3 Å². The highest BCUT2D eigenvalue weighted by Gasteiger charge is 2.25. The third-order valence-electron chi connectivity index (χ3n) is 7.55. The number of carbonyl (C=O) groups is 1. The lowest BCUT2D eigenvalue weighted by atomic mass is 10.1. The van der Waals surface area contributed by atoms with Gasteiger partial charge in [0.05, 0.1) is 30.5 Å². The Morgan fingerprint density at radius 3 is 2.50 bits per heavy atom. The van der Waals surface area contributed by atoms with E-state index in [2.05, 4.69) is 42.1 Å². The smallest absolute Gasteiger partial charge is 0.321 e. The average Bonchev–Trinajstić information content (AvgIpc) is 3.00. The van der Waals surface area contributed by atoms with Gasteiger partial charge >= 0.3 is 6.03 Å². The molecule has 10 heteroatoms. The van der Waals surface area contributed by atoms with Gasteiger partial charge in [0.25, 0.3) is 0 Å². The van der Waals surface area contributed by atoms with Crippen molar-refractivity contribution in [3.63, 3.8) is 0 Å². The third kappa shape index (κ3) is 6.60. The quantitative estimate of drug-likeness (QED) is 0.339. The van der Waals surface area contributed by atoms with Gasteiger partial charge in [-0.2, -0.15) is 5.26 Å². The van der Waals surface area contributed by atoms with Crippen molar-refractivity contribution in [1.29, 1.82) is 5.26 Å². The molecule has 0 bridgehead atoms. The highest BCUT2D eigenvalue weighted by Crippen LogP contribution is 2.38. The number of anilines is 2. The van der Waals surface area contributed by atoms with E-state index in [0.717, 1.165) is 39.7 Å². The Balaban J connectivity index is 1.27. The normalized spacial score (nSPS) is 16.0. The molecule has 2 saturated heterocycles. The number of halogens is 1. The minimum Gasteiger partial charge on any atom is -0.493 e. The van der Waals surface area contributed by atoms with Gasteiger partial charge in [0.1, 0.15) is 6.07 Å². The van der Waals surface area contributed by atoms with Gasteiger partial charge < -0.3 is 29.5 Å². The van der Waals surface area contributed by atoms with E-state index in [0.29, 0.717) is 49.8 Å². The van der Waals surface area contributed by atoms with Crippen molar-refractivity contribution in [2.75, 3.05) is 69.7 Å². The fourth-order valence-corrected chi connectivity index (χ4v) is 5.67. The third-order valence-corrected chi connectivity index (χ3v) is 8.08. The molecular weight excluding hydrogens is 572 g/mol. The molecule has 0 aliphatic carbocycles. The van der Waals surface area contributed by atoms with Crippen molar-refractivity contribution >= 4 is 44.2 Å². The van der Waals surface area contributed by atoms with Gasteiger partial charge in [-0.3, -0.25) is 4.98 Å². The van der Waals surface area contributed by atoms with E-state index in [1.54, 1.807) is 18.2 Å². The number of piperidine rings is 1. The summed E-state index contributed by atoms with van der Waals surface area (Å²) in [6.45, 7) is 6.26. The topological polar surface area (TPSA) is 94.0 Å². The molecule has 0 atom stereocenters. The van der Waals surface area contributed by atoms with E-state index in [-0.39, 0.29) is 6.03 Å². The van der Waals surface area contributed by atoms with Crippen molar-refractivity contribution in [3.05, 3.63) is 52.6 Å². The van der Waals surface area contributed by atoms with Gasteiger partial charge in [0.15, 0.2) is 11.5 Å². The van der Waals surface area contributed by atoms with Gasteiger partial charge in [-0.15, -0.1) is 0 Å². The number of carbonyl (C=O) groups excluding carboxylic acids is 1. The standard InChI is InChI=1S/C30H35BrN6O3/c1-39-27-18-25-26(19-28(27)40-17-5-12-35-10-3-2-4-11-35)33-21-22(20-32)29(25)36-13-15-37(16-14-36)30(38)34-24-8-6-23(31)7-9-24/h6-9,18-19,21H,2-5,10-17H2,1H3,(H,34,38). The summed E-state index contributed by atoms with van der Waals surface area (Å²) in [4.78, 5) is 23.9. The maximum Gasteiger partial charge on any atom is 0.321 e. The number of nitrogens with zero attached hydrogens (tertiary/aromatic N) is 5. The van der Waals surface area contributed by atoms with Gasteiger partial charge in [-0.05, 0) is 62.7 Å². The van der Waals surface area contributed by atoms with Crippen molar-refractivity contribution in [2.24, 2.45) is 0 Å². The Morgan fingerprint density at radius 1 is 1.05 bits per heavy atom. The van der Waals surface area contributed by atoms with Crippen molar-refractivity contribution in [2.45, 2.75) is 25.7 Å². The highest BCUT2D eigenvalue weighted by molar-refractivity contribution is 9.10. The number of urea groups is 1. The van der Waals surface area contributed by atoms with Crippen LogP contribution in [0.4, 0.5) is 16.2 Å². The Hall–Kier alpha value is -3.55. The first-order valence-corrected chi connectivity index (χ1v) is 14.7. The number of methoxy groups -OCH3 is 1. The lowest BCUT2D eigenvalue weighted by Crippen LogP contribution is -2.50. The Kier molecular flexibility index (Phi) is 9.24. The molecule has 1 aromatic heterocycles. The number of hydrogen-bond donors (Lipinski definition) is 1. The van der Waals surface area contributed by atoms with Crippen molar-refractivity contribution in [1.82, 2.24) is 14.8 Å². The fraction of sp³-hybridized carbons (Fsp3) is 0.433. The number of benzene rings is 2. The molecule has 2 amide bonds. The molecule has 3 heterocycles. The van der Waals surface area contributed by atoms with E-state index < -0.39 is 0 Å². The number of pyridine rings is 1. The molecule has 2 aromatic carbocycles. The SMILES string of the molecule is COc1cc2c(N3CCN(C(=O)Nc4ccc(Br)cc4)CC3)c(C#N)cnc2cc1OCCCN1CCCCC1.